The van der Waals surface area contributed by atoms with Gasteiger partial charge < -0.3 is 4.18 Å². The first-order valence-electron chi connectivity index (χ1n) is 4.62. The zero-order chi connectivity index (χ0) is 12.0. The summed E-state index contributed by atoms with van der Waals surface area (Å²) in [7, 11) is -4.02. The van der Waals surface area contributed by atoms with Crippen LogP contribution in [0.1, 0.15) is 12.0 Å². The maximum atomic E-state index is 11.2. The third-order valence-corrected chi connectivity index (χ3v) is 2.55. The van der Waals surface area contributed by atoms with Gasteiger partial charge in [0.25, 0.3) is 0 Å². The summed E-state index contributed by atoms with van der Waals surface area (Å²) in [5.41, 5.74) is 1.01. The second-order valence-electron chi connectivity index (χ2n) is 3.08. The highest BCUT2D eigenvalue weighted by molar-refractivity contribution is 7.82. The molecule has 0 fully saturated rings. The number of hydrogen-bond acceptors (Lipinski definition) is 4. The first kappa shape index (κ1) is 12.6. The Morgan fingerprint density at radius 1 is 1.31 bits per heavy atom. The molecule has 86 valence electrons. The molecular formula is C11H12O4S. The van der Waals surface area contributed by atoms with Crippen LogP contribution in [0.4, 0.5) is 0 Å². The molecule has 1 aromatic carbocycles. The summed E-state index contributed by atoms with van der Waals surface area (Å²) >= 11 is 0. The van der Waals surface area contributed by atoms with Crippen LogP contribution in [0.3, 0.4) is 0 Å². The highest BCUT2D eigenvalue weighted by Gasteiger charge is 2.12. The molecule has 0 heterocycles. The molecule has 0 bridgehead atoms. The van der Waals surface area contributed by atoms with Crippen LogP contribution >= 0.6 is 0 Å². The largest absolute Gasteiger partial charge is 0.449 e. The van der Waals surface area contributed by atoms with Crippen molar-refractivity contribution in [3.05, 3.63) is 29.8 Å². The monoisotopic (exact) mass is 240 g/mol. The average Bonchev–Trinajstić information content (AvgIpc) is 2.21. The molecular weight excluding hydrogens is 228 g/mol. The Bertz CT molecular complexity index is 468. The Kier molecular flexibility index (Phi) is 4.35. The van der Waals surface area contributed by atoms with E-state index in [0.29, 0.717) is 0 Å². The topological polar surface area (TPSA) is 52.6 Å². The molecule has 0 spiro atoms. The van der Waals surface area contributed by atoms with Crippen LogP contribution in [0, 0.1) is 19.3 Å². The van der Waals surface area contributed by atoms with E-state index >= 15 is 0 Å². The maximum absolute atomic E-state index is 11.2. The fourth-order valence-corrected chi connectivity index (χ4v) is 1.62. The number of rotatable bonds is 5. The van der Waals surface area contributed by atoms with E-state index in [4.69, 9.17) is 6.42 Å². The first-order chi connectivity index (χ1) is 7.53. The average molecular weight is 240 g/mol. The van der Waals surface area contributed by atoms with Crippen molar-refractivity contribution in [1.29, 1.82) is 0 Å². The molecule has 0 radical (unpaired) electrons. The van der Waals surface area contributed by atoms with Gasteiger partial charge in [-0.15, -0.1) is 12.3 Å². The molecule has 0 unspecified atom stereocenters. The molecule has 0 saturated carbocycles. The zero-order valence-corrected chi connectivity index (χ0v) is 9.66. The lowest BCUT2D eigenvalue weighted by atomic mass is 10.2. The molecule has 0 amide bonds. The number of aryl methyl sites for hydroxylation is 1. The smallest absolute Gasteiger partial charge is 0.362 e. The summed E-state index contributed by atoms with van der Waals surface area (Å²) < 4.78 is 31.7. The van der Waals surface area contributed by atoms with Crippen LogP contribution in [-0.4, -0.2) is 15.0 Å². The first-order valence-corrected chi connectivity index (χ1v) is 5.96. The molecule has 4 nitrogen and oxygen atoms in total. The lowest BCUT2D eigenvalue weighted by Crippen LogP contribution is -2.13. The van der Waals surface area contributed by atoms with E-state index in [1.54, 1.807) is 24.3 Å². The van der Waals surface area contributed by atoms with Crippen molar-refractivity contribution in [2.45, 2.75) is 13.3 Å². The van der Waals surface area contributed by atoms with Crippen LogP contribution < -0.4 is 4.18 Å². The Morgan fingerprint density at radius 2 is 1.94 bits per heavy atom. The highest BCUT2D eigenvalue weighted by Crippen LogP contribution is 2.14. The fourth-order valence-electron chi connectivity index (χ4n) is 0.938. The maximum Gasteiger partial charge on any atom is 0.449 e. The normalized spacial score (nSPS) is 10.8. The molecule has 0 aromatic heterocycles. The van der Waals surface area contributed by atoms with Crippen molar-refractivity contribution in [3.63, 3.8) is 0 Å². The van der Waals surface area contributed by atoms with Gasteiger partial charge in [0.1, 0.15) is 5.75 Å². The molecule has 0 aliphatic rings. The van der Waals surface area contributed by atoms with Crippen molar-refractivity contribution in [2.24, 2.45) is 0 Å². The van der Waals surface area contributed by atoms with E-state index in [1.165, 1.54) is 0 Å². The molecule has 0 aliphatic heterocycles. The van der Waals surface area contributed by atoms with Crippen molar-refractivity contribution < 1.29 is 16.8 Å². The lowest BCUT2D eigenvalue weighted by Gasteiger charge is -2.05. The molecule has 0 saturated heterocycles. The van der Waals surface area contributed by atoms with Gasteiger partial charge in [0.2, 0.25) is 0 Å². The second-order valence-corrected chi connectivity index (χ2v) is 4.30. The SMILES string of the molecule is C#CCCOS(=O)(=O)Oc1ccc(C)cc1. The minimum atomic E-state index is -4.02. The Balaban J connectivity index is 2.59. The lowest BCUT2D eigenvalue weighted by molar-refractivity contribution is 0.280. The van der Waals surface area contributed by atoms with E-state index in [2.05, 4.69) is 14.3 Å². The van der Waals surface area contributed by atoms with E-state index in [1.807, 2.05) is 6.92 Å². The van der Waals surface area contributed by atoms with E-state index in [9.17, 15) is 8.42 Å². The Morgan fingerprint density at radius 3 is 2.50 bits per heavy atom. The molecule has 0 N–H and O–H groups in total. The molecule has 1 aromatic rings. The van der Waals surface area contributed by atoms with Gasteiger partial charge in [-0.2, -0.15) is 8.42 Å². The number of benzene rings is 1. The van der Waals surface area contributed by atoms with Gasteiger partial charge >= 0.3 is 10.4 Å². The summed E-state index contributed by atoms with van der Waals surface area (Å²) in [6.45, 7) is 1.81. The zero-order valence-electron chi connectivity index (χ0n) is 8.84. The van der Waals surface area contributed by atoms with Crippen molar-refractivity contribution in [2.75, 3.05) is 6.61 Å². The van der Waals surface area contributed by atoms with Crippen LogP contribution in [0.15, 0.2) is 24.3 Å². The molecule has 1 rings (SSSR count). The summed E-state index contributed by atoms with van der Waals surface area (Å²) in [6.07, 6.45) is 5.18. The van der Waals surface area contributed by atoms with Gasteiger partial charge in [-0.1, -0.05) is 17.7 Å². The number of hydrogen-bond donors (Lipinski definition) is 0. The van der Waals surface area contributed by atoms with Crippen LogP contribution in [0.2, 0.25) is 0 Å². The highest BCUT2D eigenvalue weighted by atomic mass is 32.3. The van der Waals surface area contributed by atoms with Gasteiger partial charge in [0.05, 0.1) is 6.61 Å². The second kappa shape index (κ2) is 5.54. The fraction of sp³-hybridized carbons (Fsp3) is 0.273. The van der Waals surface area contributed by atoms with Gasteiger partial charge in [-0.25, -0.2) is 4.18 Å². The predicted octanol–water partition coefficient (Wildman–Crippen LogP) is 1.66. The predicted molar refractivity (Wildman–Crippen MR) is 60.1 cm³/mol. The summed E-state index contributed by atoms with van der Waals surface area (Å²) in [5.74, 6) is 2.48. The van der Waals surface area contributed by atoms with Crippen molar-refractivity contribution in [1.82, 2.24) is 0 Å². The third kappa shape index (κ3) is 4.34. The van der Waals surface area contributed by atoms with Crippen LogP contribution in [0.25, 0.3) is 0 Å². The minimum Gasteiger partial charge on any atom is -0.362 e. The van der Waals surface area contributed by atoms with Crippen molar-refractivity contribution in [3.8, 4) is 18.1 Å². The van der Waals surface area contributed by atoms with Gasteiger partial charge in [-0.05, 0) is 19.1 Å². The minimum absolute atomic E-state index is 0.0787. The van der Waals surface area contributed by atoms with E-state index < -0.39 is 10.4 Å². The quantitative estimate of drug-likeness (QED) is 0.580. The summed E-state index contributed by atoms with van der Waals surface area (Å²) in [5, 5.41) is 0. The summed E-state index contributed by atoms with van der Waals surface area (Å²) in [4.78, 5) is 0. The Labute approximate surface area is 95.5 Å². The standard InChI is InChI=1S/C11H12O4S/c1-3-4-9-14-16(12,13)15-11-7-5-10(2)6-8-11/h1,5-8H,4,9H2,2H3. The molecule has 5 heteroatoms. The van der Waals surface area contributed by atoms with Crippen LogP contribution in [-0.2, 0) is 14.6 Å². The Hall–Kier alpha value is -1.51. The van der Waals surface area contributed by atoms with Gasteiger partial charge in [-0.3, -0.25) is 0 Å². The van der Waals surface area contributed by atoms with E-state index in [0.717, 1.165) is 5.56 Å². The van der Waals surface area contributed by atoms with Gasteiger partial charge in [0, 0.05) is 6.42 Å². The van der Waals surface area contributed by atoms with Crippen LogP contribution in [0.5, 0.6) is 5.75 Å². The molecule has 0 atom stereocenters. The summed E-state index contributed by atoms with van der Waals surface area (Å²) in [6, 6.07) is 6.59. The number of terminal acetylenes is 1. The third-order valence-electron chi connectivity index (χ3n) is 1.69. The van der Waals surface area contributed by atoms with E-state index in [-0.39, 0.29) is 18.8 Å². The van der Waals surface area contributed by atoms with Gasteiger partial charge in [0.15, 0.2) is 0 Å². The van der Waals surface area contributed by atoms with Crippen molar-refractivity contribution >= 4 is 10.4 Å². The molecule has 16 heavy (non-hydrogen) atoms. The molecule has 0 aliphatic carbocycles.